The summed E-state index contributed by atoms with van der Waals surface area (Å²) >= 11 is 0. The molecular formula is C13H22N2O5. The average Bonchev–Trinajstić information content (AvgIpc) is 2.81. The summed E-state index contributed by atoms with van der Waals surface area (Å²) in [6.45, 7) is 2.04. The number of methoxy groups -OCH3 is 1. The third-order valence-electron chi connectivity index (χ3n) is 4.10. The first-order valence-corrected chi connectivity index (χ1v) is 6.98. The highest BCUT2D eigenvalue weighted by molar-refractivity contribution is 5.83. The summed E-state index contributed by atoms with van der Waals surface area (Å²) in [6.07, 6.45) is 1.11. The van der Waals surface area contributed by atoms with E-state index in [4.69, 9.17) is 9.84 Å². The second-order valence-corrected chi connectivity index (χ2v) is 5.56. The molecule has 2 amide bonds. The summed E-state index contributed by atoms with van der Waals surface area (Å²) < 4.78 is 5.11. The molecule has 0 aromatic heterocycles. The molecule has 0 aromatic carbocycles. The molecule has 2 rings (SSSR count). The van der Waals surface area contributed by atoms with Crippen molar-refractivity contribution in [2.24, 2.45) is 5.92 Å². The number of ether oxygens (including phenoxy) is 1. The number of amides is 2. The van der Waals surface area contributed by atoms with Crippen LogP contribution >= 0.6 is 0 Å². The third-order valence-corrected chi connectivity index (χ3v) is 4.10. The number of carboxylic acid groups (broad SMARTS) is 1. The number of rotatable bonds is 3. The van der Waals surface area contributed by atoms with Crippen molar-refractivity contribution in [1.82, 2.24) is 9.80 Å². The lowest BCUT2D eigenvalue weighted by molar-refractivity contribution is -0.141. The second-order valence-electron chi connectivity index (χ2n) is 5.56. The lowest BCUT2D eigenvalue weighted by atomic mass is 9.98. The predicted octanol–water partition coefficient (Wildman–Crippen LogP) is -0.0154. The van der Waals surface area contributed by atoms with Gasteiger partial charge >= 0.3 is 12.0 Å². The van der Waals surface area contributed by atoms with E-state index in [1.165, 1.54) is 4.90 Å². The molecule has 0 radical (unpaired) electrons. The van der Waals surface area contributed by atoms with Gasteiger partial charge in [-0.2, -0.15) is 0 Å². The molecule has 2 aliphatic heterocycles. The monoisotopic (exact) mass is 286 g/mol. The van der Waals surface area contributed by atoms with E-state index in [-0.39, 0.29) is 19.0 Å². The summed E-state index contributed by atoms with van der Waals surface area (Å²) in [7, 11) is 1.67. The van der Waals surface area contributed by atoms with E-state index < -0.39 is 18.1 Å². The molecule has 2 atom stereocenters. The van der Waals surface area contributed by atoms with Crippen LogP contribution in [0.2, 0.25) is 0 Å². The molecule has 0 aromatic rings. The van der Waals surface area contributed by atoms with Gasteiger partial charge in [0.2, 0.25) is 0 Å². The van der Waals surface area contributed by atoms with Crippen LogP contribution in [0.3, 0.4) is 0 Å². The van der Waals surface area contributed by atoms with Crippen LogP contribution < -0.4 is 0 Å². The molecule has 0 aliphatic carbocycles. The van der Waals surface area contributed by atoms with E-state index >= 15 is 0 Å². The van der Waals surface area contributed by atoms with Crippen molar-refractivity contribution < 1.29 is 24.5 Å². The van der Waals surface area contributed by atoms with Crippen molar-refractivity contribution >= 4 is 12.0 Å². The number of urea groups is 1. The number of aliphatic hydroxyl groups excluding tert-OH is 1. The van der Waals surface area contributed by atoms with E-state index in [0.29, 0.717) is 25.6 Å². The summed E-state index contributed by atoms with van der Waals surface area (Å²) in [4.78, 5) is 26.5. The lowest BCUT2D eigenvalue weighted by Crippen LogP contribution is -2.50. The van der Waals surface area contributed by atoms with Crippen molar-refractivity contribution in [3.8, 4) is 0 Å². The molecule has 2 saturated heterocycles. The zero-order valence-electron chi connectivity index (χ0n) is 11.7. The van der Waals surface area contributed by atoms with Crippen LogP contribution in [0.1, 0.15) is 19.3 Å². The maximum Gasteiger partial charge on any atom is 0.326 e. The number of aliphatic carboxylic acids is 1. The fourth-order valence-electron chi connectivity index (χ4n) is 2.97. The molecule has 20 heavy (non-hydrogen) atoms. The predicted molar refractivity (Wildman–Crippen MR) is 70.3 cm³/mol. The van der Waals surface area contributed by atoms with E-state index in [2.05, 4.69) is 0 Å². The molecule has 2 aliphatic rings. The van der Waals surface area contributed by atoms with Gasteiger partial charge < -0.3 is 24.7 Å². The minimum atomic E-state index is -1.05. The summed E-state index contributed by atoms with van der Waals surface area (Å²) in [5.74, 6) is -0.590. The number of carbonyl (C=O) groups excluding carboxylic acids is 1. The number of hydrogen-bond donors (Lipinski definition) is 2. The van der Waals surface area contributed by atoms with Gasteiger partial charge in [-0.1, -0.05) is 0 Å². The van der Waals surface area contributed by atoms with E-state index in [9.17, 15) is 14.7 Å². The van der Waals surface area contributed by atoms with E-state index in [0.717, 1.165) is 12.8 Å². The summed E-state index contributed by atoms with van der Waals surface area (Å²) in [6, 6.07) is -1.18. The van der Waals surface area contributed by atoms with Crippen molar-refractivity contribution in [3.05, 3.63) is 0 Å². The van der Waals surface area contributed by atoms with Gasteiger partial charge in [-0.3, -0.25) is 0 Å². The molecule has 0 bridgehead atoms. The molecular weight excluding hydrogens is 264 g/mol. The molecule has 2 fully saturated rings. The zero-order valence-corrected chi connectivity index (χ0v) is 11.7. The standard InChI is InChI=1S/C13H22N2O5/c1-20-8-9-2-4-14(5-3-9)13(19)15-7-10(16)6-11(15)12(17)18/h9-11,16H,2-8H2,1H3,(H,17,18)/t10?,11-/m0/s1. The van der Waals surface area contributed by atoms with Gasteiger partial charge in [0.15, 0.2) is 0 Å². The Morgan fingerprint density at radius 1 is 1.30 bits per heavy atom. The van der Waals surface area contributed by atoms with Crippen LogP contribution in [-0.2, 0) is 9.53 Å². The number of carbonyl (C=O) groups is 2. The Bertz CT molecular complexity index is 368. The molecule has 7 nitrogen and oxygen atoms in total. The van der Waals surface area contributed by atoms with E-state index in [1.54, 1.807) is 12.0 Å². The van der Waals surface area contributed by atoms with Crippen LogP contribution in [0.15, 0.2) is 0 Å². The maximum absolute atomic E-state index is 12.4. The molecule has 0 saturated carbocycles. The summed E-state index contributed by atoms with van der Waals surface area (Å²) in [5.41, 5.74) is 0. The van der Waals surface area contributed by atoms with Crippen LogP contribution in [0.4, 0.5) is 4.79 Å². The Morgan fingerprint density at radius 2 is 1.95 bits per heavy atom. The summed E-state index contributed by atoms with van der Waals surface area (Å²) in [5, 5.41) is 18.7. The SMILES string of the molecule is COCC1CCN(C(=O)N2CC(O)C[C@H]2C(=O)O)CC1. The van der Waals surface area contributed by atoms with Crippen LogP contribution in [0, 0.1) is 5.92 Å². The molecule has 2 heterocycles. The largest absolute Gasteiger partial charge is 0.480 e. The maximum atomic E-state index is 12.4. The first kappa shape index (κ1) is 15.1. The van der Waals surface area contributed by atoms with Gasteiger partial charge in [0.05, 0.1) is 6.10 Å². The molecule has 1 unspecified atom stereocenters. The van der Waals surface area contributed by atoms with E-state index in [1.807, 2.05) is 0 Å². The molecule has 114 valence electrons. The Labute approximate surface area is 118 Å². The highest BCUT2D eigenvalue weighted by Crippen LogP contribution is 2.23. The van der Waals surface area contributed by atoms with Crippen LogP contribution in [-0.4, -0.2) is 77.5 Å². The number of likely N-dealkylation sites (tertiary alicyclic amines) is 2. The fraction of sp³-hybridized carbons (Fsp3) is 0.846. The number of aliphatic hydroxyl groups is 1. The zero-order chi connectivity index (χ0) is 14.7. The first-order valence-electron chi connectivity index (χ1n) is 6.98. The van der Waals surface area contributed by atoms with Crippen molar-refractivity contribution in [1.29, 1.82) is 0 Å². The number of β-amino-alcohol motifs (C(OH)–C–C–N with tert-alkyl or cyclic N) is 1. The van der Waals surface area contributed by atoms with Gasteiger partial charge in [-0.15, -0.1) is 0 Å². The third kappa shape index (κ3) is 3.21. The molecule has 2 N–H and O–H groups in total. The Kier molecular flexibility index (Phi) is 4.82. The molecule has 0 spiro atoms. The van der Waals surface area contributed by atoms with Crippen LogP contribution in [0.5, 0.6) is 0 Å². The Morgan fingerprint density at radius 3 is 2.50 bits per heavy atom. The minimum Gasteiger partial charge on any atom is -0.480 e. The van der Waals surface area contributed by atoms with Gasteiger partial charge in [0.1, 0.15) is 6.04 Å². The van der Waals surface area contributed by atoms with Crippen LogP contribution in [0.25, 0.3) is 0 Å². The minimum absolute atomic E-state index is 0.105. The number of hydrogen-bond acceptors (Lipinski definition) is 4. The van der Waals surface area contributed by atoms with Gasteiger partial charge in [0.25, 0.3) is 0 Å². The number of nitrogens with zero attached hydrogens (tertiary/aromatic N) is 2. The normalized spacial score (nSPS) is 27.9. The lowest BCUT2D eigenvalue weighted by Gasteiger charge is -2.35. The first-order chi connectivity index (χ1) is 9.52. The van der Waals surface area contributed by atoms with Gasteiger partial charge in [-0.25, -0.2) is 9.59 Å². The topological polar surface area (TPSA) is 90.3 Å². The number of carboxylic acids is 1. The van der Waals surface area contributed by atoms with Gasteiger partial charge in [0, 0.05) is 39.8 Å². The Hall–Kier alpha value is -1.34. The highest BCUT2D eigenvalue weighted by atomic mass is 16.5. The highest BCUT2D eigenvalue weighted by Gasteiger charge is 2.41. The second kappa shape index (κ2) is 6.41. The average molecular weight is 286 g/mol. The van der Waals surface area contributed by atoms with Gasteiger partial charge in [-0.05, 0) is 18.8 Å². The number of piperidine rings is 1. The van der Waals surface area contributed by atoms with Crippen molar-refractivity contribution in [2.45, 2.75) is 31.4 Å². The fourth-order valence-corrected chi connectivity index (χ4v) is 2.97. The molecule has 7 heteroatoms. The van der Waals surface area contributed by atoms with Crippen molar-refractivity contribution in [3.63, 3.8) is 0 Å². The Balaban J connectivity index is 1.93. The smallest absolute Gasteiger partial charge is 0.326 e. The quantitative estimate of drug-likeness (QED) is 0.761. The van der Waals surface area contributed by atoms with Crippen molar-refractivity contribution in [2.75, 3.05) is 33.4 Å².